The molecule has 0 spiro atoms. The van der Waals surface area contributed by atoms with E-state index in [4.69, 9.17) is 26.2 Å². The third kappa shape index (κ3) is 5.54. The van der Waals surface area contributed by atoms with Crippen LogP contribution in [-0.4, -0.2) is 47.2 Å². The number of rotatable bonds is 7. The number of methoxy groups -OCH3 is 2. The summed E-state index contributed by atoms with van der Waals surface area (Å²) >= 11 is 7.38. The molecule has 0 aliphatic carbocycles. The van der Waals surface area contributed by atoms with Gasteiger partial charge in [-0.2, -0.15) is 10.1 Å². The lowest BCUT2D eigenvalue weighted by Gasteiger charge is -2.23. The molecule has 8 nitrogen and oxygen atoms in total. The van der Waals surface area contributed by atoms with Crippen LogP contribution in [0.25, 0.3) is 0 Å². The van der Waals surface area contributed by atoms with E-state index in [-0.39, 0.29) is 24.3 Å². The van der Waals surface area contributed by atoms with Crippen molar-refractivity contribution >= 4 is 51.7 Å². The largest absolute Gasteiger partial charge is 0.497 e. The van der Waals surface area contributed by atoms with Gasteiger partial charge in [0.25, 0.3) is 5.91 Å². The van der Waals surface area contributed by atoms with E-state index >= 15 is 0 Å². The number of hydrogen-bond donors (Lipinski definition) is 1. The van der Waals surface area contributed by atoms with Crippen LogP contribution in [0, 0.1) is 0 Å². The van der Waals surface area contributed by atoms with Crippen LogP contribution in [0.15, 0.2) is 82.9 Å². The van der Waals surface area contributed by atoms with Gasteiger partial charge in [-0.25, -0.2) is 5.01 Å². The van der Waals surface area contributed by atoms with Crippen LogP contribution in [-0.2, 0) is 9.59 Å². The monoisotopic (exact) mass is 548 g/mol. The molecule has 0 radical (unpaired) electrons. The van der Waals surface area contributed by atoms with Gasteiger partial charge in [0, 0.05) is 17.9 Å². The molecule has 3 aromatic carbocycles. The molecule has 0 bridgehead atoms. The van der Waals surface area contributed by atoms with Gasteiger partial charge in [-0.05, 0) is 59.7 Å². The lowest BCUT2D eigenvalue weighted by molar-refractivity contribution is -0.121. The van der Waals surface area contributed by atoms with Crippen molar-refractivity contribution < 1.29 is 19.1 Å². The molecular weight excluding hydrogens is 524 g/mol. The number of amidine groups is 1. The summed E-state index contributed by atoms with van der Waals surface area (Å²) in [5.74, 6) is 0.651. The fraction of sp³-hybridized carbons (Fsp3) is 0.214. The van der Waals surface area contributed by atoms with Crippen molar-refractivity contribution in [2.24, 2.45) is 10.1 Å². The van der Waals surface area contributed by atoms with Crippen molar-refractivity contribution in [1.29, 1.82) is 0 Å². The van der Waals surface area contributed by atoms with Crippen molar-refractivity contribution in [3.63, 3.8) is 0 Å². The standard InChI is InChI=1S/C28H25ClN4O4S/c1-36-20-13-9-17(10-14-20)22-15-23(18-7-11-19(29)12-8-18)33(32-22)28-31-27(35)25(38-28)16-26(34)30-21-5-3-4-6-24(21)37-2/h3-14,23,25H,15-16H2,1-2H3,(H,30,34)/t23-,25-/m1/s1. The zero-order valence-electron chi connectivity index (χ0n) is 20.8. The third-order valence-electron chi connectivity index (χ3n) is 6.27. The number of anilines is 1. The maximum Gasteiger partial charge on any atom is 0.262 e. The van der Waals surface area contributed by atoms with Gasteiger partial charge in [-0.1, -0.05) is 47.6 Å². The van der Waals surface area contributed by atoms with Crippen molar-refractivity contribution in [3.8, 4) is 11.5 Å². The molecule has 3 aromatic rings. The molecule has 0 saturated heterocycles. The SMILES string of the molecule is COc1ccc(C2=NN(C3=NC(=O)[C@@H](CC(=O)Nc4ccccc4OC)S3)[C@@H](c3ccc(Cl)cc3)C2)cc1. The summed E-state index contributed by atoms with van der Waals surface area (Å²) in [6.45, 7) is 0. The Balaban J connectivity index is 1.35. The van der Waals surface area contributed by atoms with Gasteiger partial charge in [-0.3, -0.25) is 9.59 Å². The average molecular weight is 549 g/mol. The van der Waals surface area contributed by atoms with E-state index in [9.17, 15) is 9.59 Å². The maximum atomic E-state index is 12.8. The molecule has 1 N–H and O–H groups in total. The summed E-state index contributed by atoms with van der Waals surface area (Å²) in [7, 11) is 3.16. The molecule has 2 amide bonds. The number of para-hydroxylation sites is 2. The van der Waals surface area contributed by atoms with Gasteiger partial charge in [0.1, 0.15) is 16.7 Å². The van der Waals surface area contributed by atoms with E-state index in [1.54, 1.807) is 30.3 Å². The second kappa shape index (κ2) is 11.3. The van der Waals surface area contributed by atoms with Crippen LogP contribution in [0.1, 0.15) is 30.0 Å². The van der Waals surface area contributed by atoms with Crippen molar-refractivity contribution in [3.05, 3.63) is 88.9 Å². The Bertz CT molecular complexity index is 1410. The van der Waals surface area contributed by atoms with Crippen molar-refractivity contribution in [2.45, 2.75) is 24.1 Å². The highest BCUT2D eigenvalue weighted by Gasteiger charge is 2.39. The van der Waals surface area contributed by atoms with Crippen LogP contribution in [0.4, 0.5) is 5.69 Å². The predicted octanol–water partition coefficient (Wildman–Crippen LogP) is 5.54. The Morgan fingerprint density at radius 3 is 2.50 bits per heavy atom. The number of nitrogens with zero attached hydrogens (tertiary/aromatic N) is 3. The number of halogens is 1. The van der Waals surface area contributed by atoms with Crippen LogP contribution in [0.2, 0.25) is 5.02 Å². The van der Waals surface area contributed by atoms with E-state index in [0.29, 0.717) is 28.0 Å². The van der Waals surface area contributed by atoms with Gasteiger partial charge < -0.3 is 14.8 Å². The topological polar surface area (TPSA) is 92.6 Å². The molecule has 194 valence electrons. The molecular formula is C28H25ClN4O4S. The van der Waals surface area contributed by atoms with Crippen LogP contribution in [0.3, 0.4) is 0 Å². The molecule has 10 heteroatoms. The van der Waals surface area contributed by atoms with E-state index in [0.717, 1.165) is 22.6 Å². The first kappa shape index (κ1) is 25.8. The van der Waals surface area contributed by atoms with Gasteiger partial charge in [0.05, 0.1) is 31.7 Å². The van der Waals surface area contributed by atoms with Crippen molar-refractivity contribution in [1.82, 2.24) is 5.01 Å². The van der Waals surface area contributed by atoms with E-state index in [1.165, 1.54) is 18.9 Å². The minimum atomic E-state index is -0.647. The normalized spacial score (nSPS) is 18.7. The van der Waals surface area contributed by atoms with Gasteiger partial charge >= 0.3 is 0 Å². The number of hydrazone groups is 1. The molecule has 2 aliphatic rings. The molecule has 38 heavy (non-hydrogen) atoms. The Morgan fingerprint density at radius 1 is 1.05 bits per heavy atom. The highest BCUT2D eigenvalue weighted by molar-refractivity contribution is 8.15. The summed E-state index contributed by atoms with van der Waals surface area (Å²) in [6.07, 6.45) is 0.587. The van der Waals surface area contributed by atoms with Gasteiger partial charge in [-0.15, -0.1) is 0 Å². The predicted molar refractivity (Wildman–Crippen MR) is 150 cm³/mol. The second-order valence-electron chi connectivity index (χ2n) is 8.68. The number of thioether (sulfide) groups is 1. The Morgan fingerprint density at radius 2 is 1.79 bits per heavy atom. The minimum absolute atomic E-state index is 0.0248. The number of hydrogen-bond acceptors (Lipinski definition) is 7. The van der Waals surface area contributed by atoms with Crippen LogP contribution in [0.5, 0.6) is 11.5 Å². The number of benzene rings is 3. The highest BCUT2D eigenvalue weighted by atomic mass is 35.5. The molecule has 2 aliphatic heterocycles. The van der Waals surface area contributed by atoms with Gasteiger partial charge in [0.15, 0.2) is 5.17 Å². The highest BCUT2D eigenvalue weighted by Crippen LogP contribution is 2.39. The fourth-order valence-electron chi connectivity index (χ4n) is 4.31. The number of amides is 2. The number of carbonyl (C=O) groups is 2. The molecule has 2 heterocycles. The average Bonchev–Trinajstić information content (AvgIpc) is 3.53. The summed E-state index contributed by atoms with van der Waals surface area (Å²) in [4.78, 5) is 29.9. The zero-order chi connectivity index (χ0) is 26.6. The summed E-state index contributed by atoms with van der Waals surface area (Å²) in [6, 6.07) is 22.2. The zero-order valence-corrected chi connectivity index (χ0v) is 22.3. The van der Waals surface area contributed by atoms with Gasteiger partial charge in [0.2, 0.25) is 5.91 Å². The van der Waals surface area contributed by atoms with Crippen LogP contribution < -0.4 is 14.8 Å². The van der Waals surface area contributed by atoms with Crippen LogP contribution >= 0.6 is 23.4 Å². The number of aliphatic imine (C=N–C) groups is 1. The van der Waals surface area contributed by atoms with E-state index < -0.39 is 5.25 Å². The quantitative estimate of drug-likeness (QED) is 0.417. The summed E-state index contributed by atoms with van der Waals surface area (Å²) in [5, 5.41) is 9.93. The number of ether oxygens (including phenoxy) is 2. The fourth-order valence-corrected chi connectivity index (χ4v) is 5.50. The Labute approximate surface area is 229 Å². The first-order valence-electron chi connectivity index (χ1n) is 11.9. The van der Waals surface area contributed by atoms with E-state index in [2.05, 4.69) is 10.3 Å². The Hall–Kier alpha value is -3.82. The maximum absolute atomic E-state index is 12.8. The number of carbonyl (C=O) groups excluding carboxylic acids is 2. The minimum Gasteiger partial charge on any atom is -0.497 e. The first-order chi connectivity index (χ1) is 18.4. The molecule has 2 atom stereocenters. The summed E-state index contributed by atoms with van der Waals surface area (Å²) < 4.78 is 10.6. The lowest BCUT2D eigenvalue weighted by Crippen LogP contribution is -2.25. The Kier molecular flexibility index (Phi) is 7.67. The third-order valence-corrected chi connectivity index (χ3v) is 7.66. The molecule has 0 fully saturated rings. The second-order valence-corrected chi connectivity index (χ2v) is 10.3. The first-order valence-corrected chi connectivity index (χ1v) is 13.2. The molecule has 5 rings (SSSR count). The van der Waals surface area contributed by atoms with E-state index in [1.807, 2.05) is 54.6 Å². The lowest BCUT2D eigenvalue weighted by atomic mass is 9.98. The molecule has 0 saturated carbocycles. The molecule has 0 unspecified atom stereocenters. The summed E-state index contributed by atoms with van der Waals surface area (Å²) in [5.41, 5.74) is 3.36. The van der Waals surface area contributed by atoms with Crippen molar-refractivity contribution in [2.75, 3.05) is 19.5 Å². The number of nitrogens with one attached hydrogen (secondary N) is 1. The smallest absolute Gasteiger partial charge is 0.262 e. The molecule has 0 aromatic heterocycles.